The van der Waals surface area contributed by atoms with E-state index in [0.29, 0.717) is 28.0 Å². The van der Waals surface area contributed by atoms with Gasteiger partial charge in [-0.15, -0.1) is 0 Å². The lowest BCUT2D eigenvalue weighted by Crippen LogP contribution is -2.13. The van der Waals surface area contributed by atoms with Crippen molar-refractivity contribution in [3.8, 4) is 11.3 Å². The third-order valence-electron chi connectivity index (χ3n) is 4.11. The zero-order chi connectivity index (χ0) is 19.8. The normalized spacial score (nSPS) is 11.0. The summed E-state index contributed by atoms with van der Waals surface area (Å²) in [5.41, 5.74) is 2.27. The number of carbonyl (C=O) groups is 1. The van der Waals surface area contributed by atoms with E-state index in [2.05, 4.69) is 15.5 Å². The lowest BCUT2D eigenvalue weighted by molar-refractivity contribution is 0.102. The molecule has 0 saturated carbocycles. The number of nitrogens with zero attached hydrogens (tertiary/aromatic N) is 2. The molecule has 0 atom stereocenters. The van der Waals surface area contributed by atoms with Gasteiger partial charge >= 0.3 is 0 Å². The van der Waals surface area contributed by atoms with Crippen molar-refractivity contribution in [2.45, 2.75) is 6.92 Å². The summed E-state index contributed by atoms with van der Waals surface area (Å²) >= 11 is 5.77. The summed E-state index contributed by atoms with van der Waals surface area (Å²) in [5, 5.41) is 6.96. The molecule has 0 bridgehead atoms. The predicted octanol–water partition coefficient (Wildman–Crippen LogP) is 5.38. The van der Waals surface area contributed by atoms with Crippen molar-refractivity contribution in [3.63, 3.8) is 0 Å². The quantitative estimate of drug-likeness (QED) is 0.502. The maximum absolute atomic E-state index is 13.3. The molecule has 0 spiro atoms. The van der Waals surface area contributed by atoms with Crippen molar-refractivity contribution in [2.75, 3.05) is 5.32 Å². The van der Waals surface area contributed by atoms with Gasteiger partial charge in [-0.25, -0.2) is 13.8 Å². The van der Waals surface area contributed by atoms with Crippen LogP contribution in [-0.2, 0) is 0 Å². The highest BCUT2D eigenvalue weighted by molar-refractivity contribution is 6.31. The maximum Gasteiger partial charge on any atom is 0.259 e. The summed E-state index contributed by atoms with van der Waals surface area (Å²) in [5.74, 6) is -1.44. The molecule has 28 heavy (non-hydrogen) atoms. The SMILES string of the molecule is Cc1cc(C(=O)Nc2ccc(F)c(Cl)c2)c2c(-c3ccc(F)cc3)noc2n1. The summed E-state index contributed by atoms with van der Waals surface area (Å²) in [4.78, 5) is 17.2. The highest BCUT2D eigenvalue weighted by Crippen LogP contribution is 2.31. The molecule has 0 aliphatic heterocycles. The number of anilines is 1. The predicted molar refractivity (Wildman–Crippen MR) is 101 cm³/mol. The Hall–Kier alpha value is -3.32. The van der Waals surface area contributed by atoms with Gasteiger partial charge in [-0.2, -0.15) is 0 Å². The standard InChI is InChI=1S/C20H12ClF2N3O2/c1-10-8-14(19(27)25-13-6-7-16(23)15(21)9-13)17-18(26-28-20(17)24-10)11-2-4-12(22)5-3-11/h2-9H,1H3,(H,25,27). The Bertz CT molecular complexity index is 1210. The van der Waals surface area contributed by atoms with Crippen molar-refractivity contribution >= 4 is 34.3 Å². The number of halogens is 3. The van der Waals surface area contributed by atoms with Gasteiger partial charge in [-0.1, -0.05) is 16.8 Å². The lowest BCUT2D eigenvalue weighted by Gasteiger charge is -2.08. The molecule has 0 fully saturated rings. The Labute approximate surface area is 162 Å². The van der Waals surface area contributed by atoms with Crippen LogP contribution in [0.4, 0.5) is 14.5 Å². The van der Waals surface area contributed by atoms with Gasteiger partial charge < -0.3 is 9.84 Å². The smallest absolute Gasteiger partial charge is 0.259 e. The summed E-state index contributed by atoms with van der Waals surface area (Å²) < 4.78 is 31.9. The van der Waals surface area contributed by atoms with E-state index in [1.165, 1.54) is 36.4 Å². The number of hydrogen-bond acceptors (Lipinski definition) is 4. The third-order valence-corrected chi connectivity index (χ3v) is 4.40. The van der Waals surface area contributed by atoms with E-state index in [9.17, 15) is 13.6 Å². The highest BCUT2D eigenvalue weighted by atomic mass is 35.5. The number of benzene rings is 2. The average Bonchev–Trinajstić information content (AvgIpc) is 3.08. The molecule has 0 saturated heterocycles. The largest absolute Gasteiger partial charge is 0.335 e. The summed E-state index contributed by atoms with van der Waals surface area (Å²) in [6.45, 7) is 1.71. The van der Waals surface area contributed by atoms with Crippen LogP contribution >= 0.6 is 11.6 Å². The monoisotopic (exact) mass is 399 g/mol. The van der Waals surface area contributed by atoms with Crippen LogP contribution in [-0.4, -0.2) is 16.0 Å². The van der Waals surface area contributed by atoms with Crippen molar-refractivity contribution in [1.29, 1.82) is 0 Å². The summed E-state index contributed by atoms with van der Waals surface area (Å²) in [6.07, 6.45) is 0. The van der Waals surface area contributed by atoms with Crippen LogP contribution in [0.25, 0.3) is 22.4 Å². The van der Waals surface area contributed by atoms with Crippen LogP contribution in [0.2, 0.25) is 5.02 Å². The number of nitrogens with one attached hydrogen (secondary N) is 1. The summed E-state index contributed by atoms with van der Waals surface area (Å²) in [6, 6.07) is 11.1. The molecule has 4 rings (SSSR count). The number of amides is 1. The number of aryl methyl sites for hydroxylation is 1. The van der Waals surface area contributed by atoms with Gasteiger partial charge in [-0.05, 0) is 55.5 Å². The van der Waals surface area contributed by atoms with E-state index in [0.717, 1.165) is 6.07 Å². The minimum Gasteiger partial charge on any atom is -0.335 e. The fourth-order valence-corrected chi connectivity index (χ4v) is 3.01. The Morgan fingerprint density at radius 1 is 1.11 bits per heavy atom. The Kier molecular flexibility index (Phi) is 4.52. The van der Waals surface area contributed by atoms with Crippen LogP contribution < -0.4 is 5.32 Å². The maximum atomic E-state index is 13.3. The van der Waals surface area contributed by atoms with E-state index in [-0.39, 0.29) is 16.3 Å². The number of hydrogen-bond donors (Lipinski definition) is 1. The molecule has 1 amide bonds. The average molecular weight is 400 g/mol. The van der Waals surface area contributed by atoms with Crippen molar-refractivity contribution in [3.05, 3.63) is 76.4 Å². The lowest BCUT2D eigenvalue weighted by atomic mass is 10.0. The zero-order valence-corrected chi connectivity index (χ0v) is 15.2. The summed E-state index contributed by atoms with van der Waals surface area (Å²) in [7, 11) is 0. The van der Waals surface area contributed by atoms with Crippen LogP contribution in [0.1, 0.15) is 16.1 Å². The van der Waals surface area contributed by atoms with Crippen LogP contribution in [0.5, 0.6) is 0 Å². The Balaban J connectivity index is 1.81. The first-order valence-corrected chi connectivity index (χ1v) is 8.59. The van der Waals surface area contributed by atoms with E-state index in [4.69, 9.17) is 16.1 Å². The molecule has 0 radical (unpaired) electrons. The van der Waals surface area contributed by atoms with E-state index >= 15 is 0 Å². The van der Waals surface area contributed by atoms with Gasteiger partial charge in [0.15, 0.2) is 0 Å². The van der Waals surface area contributed by atoms with E-state index < -0.39 is 17.5 Å². The Morgan fingerprint density at radius 3 is 2.57 bits per heavy atom. The van der Waals surface area contributed by atoms with E-state index in [1.807, 2.05) is 0 Å². The first-order chi connectivity index (χ1) is 13.4. The number of fused-ring (bicyclic) bond motifs is 1. The molecule has 2 aromatic heterocycles. The molecule has 2 aromatic carbocycles. The fraction of sp³-hybridized carbons (Fsp3) is 0.0500. The topological polar surface area (TPSA) is 68.0 Å². The van der Waals surface area contributed by atoms with Crippen molar-refractivity contribution in [2.24, 2.45) is 0 Å². The van der Waals surface area contributed by atoms with Gasteiger partial charge in [0.1, 0.15) is 17.3 Å². The van der Waals surface area contributed by atoms with Gasteiger partial charge in [0.2, 0.25) is 0 Å². The molecule has 8 heteroatoms. The van der Waals surface area contributed by atoms with Gasteiger partial charge in [0.05, 0.1) is 16.0 Å². The molecule has 5 nitrogen and oxygen atoms in total. The molecule has 1 N–H and O–H groups in total. The zero-order valence-electron chi connectivity index (χ0n) is 14.5. The molecule has 0 aliphatic carbocycles. The molecular weight excluding hydrogens is 388 g/mol. The van der Waals surface area contributed by atoms with Crippen LogP contribution in [0, 0.1) is 18.6 Å². The van der Waals surface area contributed by atoms with Crippen molar-refractivity contribution < 1.29 is 18.1 Å². The molecule has 4 aromatic rings. The molecule has 0 aliphatic rings. The second-order valence-electron chi connectivity index (χ2n) is 6.11. The first-order valence-electron chi connectivity index (χ1n) is 8.22. The Morgan fingerprint density at radius 2 is 1.86 bits per heavy atom. The van der Waals surface area contributed by atoms with Gasteiger partial charge in [0, 0.05) is 16.9 Å². The number of aromatic nitrogens is 2. The molecular formula is C20H12ClF2N3O2. The van der Waals surface area contributed by atoms with Crippen LogP contribution in [0.3, 0.4) is 0 Å². The first kappa shape index (κ1) is 18.1. The number of carbonyl (C=O) groups excluding carboxylic acids is 1. The minimum atomic E-state index is -0.584. The molecule has 140 valence electrons. The second kappa shape index (κ2) is 7.01. The van der Waals surface area contributed by atoms with Gasteiger partial charge in [-0.3, -0.25) is 4.79 Å². The van der Waals surface area contributed by atoms with Crippen molar-refractivity contribution in [1.82, 2.24) is 10.1 Å². The third kappa shape index (κ3) is 3.32. The number of pyridine rings is 1. The molecule has 2 heterocycles. The molecule has 0 unspecified atom stereocenters. The van der Waals surface area contributed by atoms with E-state index in [1.54, 1.807) is 13.0 Å². The minimum absolute atomic E-state index is 0.106. The van der Waals surface area contributed by atoms with Gasteiger partial charge in [0.25, 0.3) is 11.6 Å². The number of rotatable bonds is 3. The fourth-order valence-electron chi connectivity index (χ4n) is 2.83. The highest BCUT2D eigenvalue weighted by Gasteiger charge is 2.21. The van der Waals surface area contributed by atoms with Crippen LogP contribution in [0.15, 0.2) is 53.1 Å². The second-order valence-corrected chi connectivity index (χ2v) is 6.52.